The molecule has 0 saturated carbocycles. The summed E-state index contributed by atoms with van der Waals surface area (Å²) < 4.78 is 1.33. The predicted octanol–water partition coefficient (Wildman–Crippen LogP) is 3.97. The van der Waals surface area contributed by atoms with E-state index in [9.17, 15) is 14.4 Å². The Balaban J connectivity index is 1.95. The minimum atomic E-state index is -0.613. The first-order valence-electron chi connectivity index (χ1n) is 11.7. The zero-order chi connectivity index (χ0) is 22.9. The number of amides is 1. The van der Waals surface area contributed by atoms with Crippen molar-refractivity contribution in [1.82, 2.24) is 9.55 Å². The number of aromatic amines is 1. The number of carbonyl (C=O) groups is 1. The molecule has 2 aromatic rings. The van der Waals surface area contributed by atoms with Gasteiger partial charge in [-0.25, -0.2) is 4.79 Å². The lowest BCUT2D eigenvalue weighted by Crippen LogP contribution is -2.41. The van der Waals surface area contributed by atoms with Crippen LogP contribution in [0.3, 0.4) is 0 Å². The Bertz CT molecular complexity index is 1050. The molecule has 3 rings (SSSR count). The molecule has 3 N–H and O–H groups in total. The molecule has 1 amide bonds. The van der Waals surface area contributed by atoms with E-state index in [2.05, 4.69) is 18.0 Å². The summed E-state index contributed by atoms with van der Waals surface area (Å²) in [5.74, 6) is -0.0963. The molecule has 7 nitrogen and oxygen atoms in total. The van der Waals surface area contributed by atoms with E-state index in [1.807, 2.05) is 30.3 Å². The van der Waals surface area contributed by atoms with E-state index in [0.717, 1.165) is 44.1 Å². The van der Waals surface area contributed by atoms with Gasteiger partial charge in [0.05, 0.1) is 6.54 Å². The van der Waals surface area contributed by atoms with Crippen LogP contribution in [0.1, 0.15) is 70.3 Å². The largest absolute Gasteiger partial charge is 0.383 e. The maximum Gasteiger partial charge on any atom is 0.330 e. The van der Waals surface area contributed by atoms with Gasteiger partial charge < -0.3 is 10.6 Å². The van der Waals surface area contributed by atoms with Crippen molar-refractivity contribution in [2.24, 2.45) is 0 Å². The molecule has 1 heterocycles. The highest BCUT2D eigenvalue weighted by atomic mass is 16.2. The van der Waals surface area contributed by atoms with Gasteiger partial charge in [-0.3, -0.25) is 19.1 Å². The Labute approximate surface area is 189 Å². The Morgan fingerprint density at radius 1 is 1.16 bits per heavy atom. The number of hydrogen-bond acceptors (Lipinski definition) is 4. The summed E-state index contributed by atoms with van der Waals surface area (Å²) in [4.78, 5) is 42.4. The Morgan fingerprint density at radius 2 is 1.94 bits per heavy atom. The monoisotopic (exact) mass is 438 g/mol. The number of anilines is 2. The van der Waals surface area contributed by atoms with Crippen molar-refractivity contribution in [2.45, 2.75) is 71.3 Å². The number of aromatic nitrogens is 2. The average molecular weight is 439 g/mol. The van der Waals surface area contributed by atoms with Gasteiger partial charge in [-0.2, -0.15) is 0 Å². The highest BCUT2D eigenvalue weighted by molar-refractivity contribution is 5.95. The fourth-order valence-electron chi connectivity index (χ4n) is 4.17. The first kappa shape index (κ1) is 23.6. The predicted molar refractivity (Wildman–Crippen MR) is 129 cm³/mol. The Kier molecular flexibility index (Phi) is 8.48. The van der Waals surface area contributed by atoms with Crippen LogP contribution in [0.5, 0.6) is 0 Å². The van der Waals surface area contributed by atoms with Crippen molar-refractivity contribution in [3.63, 3.8) is 0 Å². The number of H-pyrrole nitrogens is 1. The molecule has 0 spiro atoms. The van der Waals surface area contributed by atoms with E-state index in [4.69, 9.17) is 5.73 Å². The number of allylic oxidation sites excluding steroid dienone is 1. The van der Waals surface area contributed by atoms with Crippen LogP contribution < -0.4 is 21.9 Å². The maximum absolute atomic E-state index is 13.2. The molecular weight excluding hydrogens is 404 g/mol. The number of nitrogens with one attached hydrogen (secondary N) is 1. The van der Waals surface area contributed by atoms with E-state index in [1.165, 1.54) is 21.5 Å². The van der Waals surface area contributed by atoms with Crippen LogP contribution in [0.4, 0.5) is 11.5 Å². The third-order valence-corrected chi connectivity index (χ3v) is 6.00. The fourth-order valence-corrected chi connectivity index (χ4v) is 4.17. The standard InChI is InChI=1S/C25H34N4O3/c1-2-3-6-15-21(30)28(17-16-19-11-7-4-8-12-19)22-23(26)29(25(32)27-24(22)31)18-20-13-9-5-10-14-20/h5,9-11,13-14H,2-4,6-8,12,15-18,26H2,1H3,(H,27,31,32). The molecule has 0 aliphatic heterocycles. The second-order valence-electron chi connectivity index (χ2n) is 8.43. The molecule has 0 saturated heterocycles. The summed E-state index contributed by atoms with van der Waals surface area (Å²) in [6.45, 7) is 2.69. The van der Waals surface area contributed by atoms with Gasteiger partial charge in [0, 0.05) is 13.0 Å². The molecule has 0 unspecified atom stereocenters. The summed E-state index contributed by atoms with van der Waals surface area (Å²) in [5, 5.41) is 0. The Hall–Kier alpha value is -3.09. The highest BCUT2D eigenvalue weighted by Gasteiger charge is 2.24. The molecule has 1 aromatic carbocycles. The van der Waals surface area contributed by atoms with Crippen molar-refractivity contribution in [3.05, 3.63) is 68.4 Å². The number of carbonyl (C=O) groups excluding carboxylic acids is 1. The zero-order valence-corrected chi connectivity index (χ0v) is 18.9. The average Bonchev–Trinajstić information content (AvgIpc) is 2.80. The van der Waals surface area contributed by atoms with Crippen molar-refractivity contribution < 1.29 is 4.79 Å². The van der Waals surface area contributed by atoms with E-state index in [0.29, 0.717) is 19.4 Å². The van der Waals surface area contributed by atoms with Gasteiger partial charge in [0.1, 0.15) is 5.82 Å². The summed E-state index contributed by atoms with van der Waals surface area (Å²) in [6, 6.07) is 9.43. The van der Waals surface area contributed by atoms with E-state index in [-0.39, 0.29) is 24.0 Å². The van der Waals surface area contributed by atoms with Gasteiger partial charge in [-0.05, 0) is 44.1 Å². The SMILES string of the molecule is CCCCCC(=O)N(CCC1=CCCCC1)c1c(N)n(Cc2ccccc2)c(=O)[nH]c1=O. The molecule has 1 aliphatic carbocycles. The molecule has 0 bridgehead atoms. The molecule has 32 heavy (non-hydrogen) atoms. The van der Waals surface area contributed by atoms with E-state index < -0.39 is 11.2 Å². The minimum absolute atomic E-state index is 0.0315. The smallest absolute Gasteiger partial charge is 0.330 e. The van der Waals surface area contributed by atoms with Crippen molar-refractivity contribution in [3.8, 4) is 0 Å². The molecule has 1 aliphatic rings. The van der Waals surface area contributed by atoms with E-state index in [1.54, 1.807) is 0 Å². The molecule has 7 heteroatoms. The van der Waals surface area contributed by atoms with Gasteiger partial charge >= 0.3 is 5.69 Å². The Morgan fingerprint density at radius 3 is 2.62 bits per heavy atom. The van der Waals surface area contributed by atoms with E-state index >= 15 is 0 Å². The first-order valence-corrected chi connectivity index (χ1v) is 11.7. The van der Waals surface area contributed by atoms with Crippen molar-refractivity contribution in [2.75, 3.05) is 17.2 Å². The van der Waals surface area contributed by atoms with Crippen LogP contribution in [0, 0.1) is 0 Å². The van der Waals surface area contributed by atoms with Gasteiger partial charge in [0.2, 0.25) is 5.91 Å². The van der Waals surface area contributed by atoms with Crippen LogP contribution >= 0.6 is 0 Å². The summed E-state index contributed by atoms with van der Waals surface area (Å²) in [6.07, 6.45) is 10.4. The second kappa shape index (κ2) is 11.5. The van der Waals surface area contributed by atoms with Crippen LogP contribution in [-0.4, -0.2) is 22.0 Å². The topological polar surface area (TPSA) is 101 Å². The second-order valence-corrected chi connectivity index (χ2v) is 8.43. The lowest BCUT2D eigenvalue weighted by Gasteiger charge is -2.26. The molecular formula is C25H34N4O3. The van der Waals surface area contributed by atoms with Gasteiger partial charge in [0.25, 0.3) is 5.56 Å². The van der Waals surface area contributed by atoms with Crippen LogP contribution in [0.2, 0.25) is 0 Å². The molecule has 0 atom stereocenters. The summed E-state index contributed by atoms with van der Waals surface area (Å²) >= 11 is 0. The number of nitrogens with zero attached hydrogens (tertiary/aromatic N) is 2. The maximum atomic E-state index is 13.2. The summed E-state index contributed by atoms with van der Waals surface area (Å²) in [5.41, 5.74) is 7.46. The number of nitrogens with two attached hydrogens (primary N) is 1. The van der Waals surface area contributed by atoms with Gasteiger partial charge in [0.15, 0.2) is 5.69 Å². The molecule has 0 fully saturated rings. The lowest BCUT2D eigenvalue weighted by molar-refractivity contribution is -0.118. The lowest BCUT2D eigenvalue weighted by atomic mass is 9.97. The third-order valence-electron chi connectivity index (χ3n) is 6.00. The van der Waals surface area contributed by atoms with Crippen LogP contribution in [0.15, 0.2) is 51.6 Å². The van der Waals surface area contributed by atoms with Gasteiger partial charge in [-0.1, -0.05) is 61.7 Å². The number of unbranched alkanes of at least 4 members (excludes halogenated alkanes) is 2. The first-order chi connectivity index (χ1) is 15.5. The molecule has 1 aromatic heterocycles. The fraction of sp³-hybridized carbons (Fsp3) is 0.480. The van der Waals surface area contributed by atoms with Gasteiger partial charge in [-0.15, -0.1) is 0 Å². The number of nitrogen functional groups attached to an aromatic ring is 1. The summed E-state index contributed by atoms with van der Waals surface area (Å²) in [7, 11) is 0. The minimum Gasteiger partial charge on any atom is -0.383 e. The normalized spacial score (nSPS) is 13.6. The third kappa shape index (κ3) is 5.99. The number of hydrogen-bond donors (Lipinski definition) is 2. The van der Waals surface area contributed by atoms with Crippen LogP contribution in [-0.2, 0) is 11.3 Å². The number of benzene rings is 1. The van der Waals surface area contributed by atoms with Crippen molar-refractivity contribution >= 4 is 17.4 Å². The molecule has 172 valence electrons. The highest BCUT2D eigenvalue weighted by Crippen LogP contribution is 2.24. The van der Waals surface area contributed by atoms with Crippen molar-refractivity contribution in [1.29, 1.82) is 0 Å². The van der Waals surface area contributed by atoms with Crippen LogP contribution in [0.25, 0.3) is 0 Å². The molecule has 0 radical (unpaired) electrons. The number of rotatable bonds is 10. The quantitative estimate of drug-likeness (QED) is 0.433. The zero-order valence-electron chi connectivity index (χ0n) is 18.9.